The van der Waals surface area contributed by atoms with Crippen LogP contribution < -0.4 is 14.4 Å². The van der Waals surface area contributed by atoms with Crippen LogP contribution in [0.2, 0.25) is 0 Å². The standard InChI is InChI=1S/C25H23NO5S/c1-4-15-7-9-16(10-8-15)22-21(23(27)20-6-5-11-32-20)24(28)25(29)26(22)17-12-18(30-2)14-19(13-17)31-3/h5-14,22,28H,4H2,1-3H3. The molecule has 1 N–H and O–H groups in total. The van der Waals surface area contributed by atoms with Gasteiger partial charge >= 0.3 is 0 Å². The maximum atomic E-state index is 13.4. The molecule has 32 heavy (non-hydrogen) atoms. The lowest BCUT2D eigenvalue weighted by atomic mass is 9.94. The minimum Gasteiger partial charge on any atom is -0.503 e. The Kier molecular flexibility index (Phi) is 6.01. The van der Waals surface area contributed by atoms with Crippen molar-refractivity contribution in [2.75, 3.05) is 19.1 Å². The number of aryl methyl sites for hydroxylation is 1. The van der Waals surface area contributed by atoms with Crippen molar-refractivity contribution in [3.63, 3.8) is 0 Å². The van der Waals surface area contributed by atoms with E-state index in [4.69, 9.17) is 9.47 Å². The summed E-state index contributed by atoms with van der Waals surface area (Å²) in [6, 6.07) is 15.4. The van der Waals surface area contributed by atoms with Crippen LogP contribution in [0.15, 0.2) is 71.3 Å². The van der Waals surface area contributed by atoms with Crippen LogP contribution in [0.1, 0.15) is 33.8 Å². The molecule has 1 aliphatic rings. The van der Waals surface area contributed by atoms with Gasteiger partial charge in [0.15, 0.2) is 5.76 Å². The maximum absolute atomic E-state index is 13.4. The molecule has 3 aromatic rings. The highest BCUT2D eigenvalue weighted by molar-refractivity contribution is 7.12. The summed E-state index contributed by atoms with van der Waals surface area (Å²) in [7, 11) is 3.04. The van der Waals surface area contributed by atoms with Crippen LogP contribution in [-0.2, 0) is 11.2 Å². The van der Waals surface area contributed by atoms with Crippen LogP contribution in [0.4, 0.5) is 5.69 Å². The van der Waals surface area contributed by atoms with E-state index in [0.717, 1.165) is 17.5 Å². The maximum Gasteiger partial charge on any atom is 0.294 e. The molecular formula is C25H23NO5S. The van der Waals surface area contributed by atoms with Crippen molar-refractivity contribution in [2.45, 2.75) is 19.4 Å². The molecule has 1 unspecified atom stereocenters. The third kappa shape index (κ3) is 3.76. The van der Waals surface area contributed by atoms with Crippen LogP contribution in [0.25, 0.3) is 0 Å². The molecular weight excluding hydrogens is 426 g/mol. The van der Waals surface area contributed by atoms with Gasteiger partial charge < -0.3 is 14.6 Å². The van der Waals surface area contributed by atoms with Gasteiger partial charge in [0.25, 0.3) is 5.91 Å². The van der Waals surface area contributed by atoms with Gasteiger partial charge in [-0.05, 0) is 29.0 Å². The number of amides is 1. The van der Waals surface area contributed by atoms with Gasteiger partial charge in [-0.3, -0.25) is 14.5 Å². The Labute approximate surface area is 190 Å². The Morgan fingerprint density at radius 3 is 2.25 bits per heavy atom. The lowest BCUT2D eigenvalue weighted by Gasteiger charge is -2.27. The number of methoxy groups -OCH3 is 2. The molecule has 1 amide bonds. The monoisotopic (exact) mass is 449 g/mol. The van der Waals surface area contributed by atoms with E-state index in [0.29, 0.717) is 22.1 Å². The molecule has 7 heteroatoms. The first-order chi connectivity index (χ1) is 15.5. The summed E-state index contributed by atoms with van der Waals surface area (Å²) in [6.07, 6.45) is 0.864. The number of ketones is 1. The van der Waals surface area contributed by atoms with Crippen molar-refractivity contribution in [1.82, 2.24) is 0 Å². The molecule has 1 atom stereocenters. The summed E-state index contributed by atoms with van der Waals surface area (Å²) in [6.45, 7) is 2.06. The second-order valence-electron chi connectivity index (χ2n) is 7.31. The number of benzene rings is 2. The zero-order valence-corrected chi connectivity index (χ0v) is 18.8. The fourth-order valence-electron chi connectivity index (χ4n) is 3.83. The molecule has 4 rings (SSSR count). The molecule has 0 spiro atoms. The van der Waals surface area contributed by atoms with E-state index >= 15 is 0 Å². The molecule has 0 aliphatic carbocycles. The number of aliphatic hydroxyl groups excluding tert-OH is 1. The number of ether oxygens (including phenoxy) is 2. The fourth-order valence-corrected chi connectivity index (χ4v) is 4.50. The third-order valence-electron chi connectivity index (χ3n) is 5.52. The van der Waals surface area contributed by atoms with E-state index in [1.807, 2.05) is 24.3 Å². The molecule has 1 aliphatic heterocycles. The average molecular weight is 450 g/mol. The first kappa shape index (κ1) is 21.6. The number of thiophene rings is 1. The molecule has 164 valence electrons. The summed E-state index contributed by atoms with van der Waals surface area (Å²) in [5, 5.41) is 12.6. The lowest BCUT2D eigenvalue weighted by Crippen LogP contribution is -2.31. The van der Waals surface area contributed by atoms with E-state index < -0.39 is 17.7 Å². The quantitative estimate of drug-likeness (QED) is 0.507. The van der Waals surface area contributed by atoms with Gasteiger partial charge in [0.05, 0.1) is 36.4 Å². The normalized spacial score (nSPS) is 15.9. The summed E-state index contributed by atoms with van der Waals surface area (Å²) in [4.78, 5) is 28.5. The smallest absolute Gasteiger partial charge is 0.294 e. The Balaban J connectivity index is 1.89. The van der Waals surface area contributed by atoms with Crippen LogP contribution in [0.3, 0.4) is 0 Å². The van der Waals surface area contributed by atoms with Crippen molar-refractivity contribution >= 4 is 28.7 Å². The van der Waals surface area contributed by atoms with Gasteiger partial charge in [-0.2, -0.15) is 0 Å². The minimum absolute atomic E-state index is 0.0588. The number of carbonyl (C=O) groups excluding carboxylic acids is 2. The number of Topliss-reactive ketones (excluding diaryl/α,β-unsaturated/α-hetero) is 1. The van der Waals surface area contributed by atoms with Gasteiger partial charge in [-0.15, -0.1) is 11.3 Å². The third-order valence-corrected chi connectivity index (χ3v) is 6.38. The summed E-state index contributed by atoms with van der Waals surface area (Å²) in [5.41, 5.74) is 2.37. The predicted octanol–water partition coefficient (Wildman–Crippen LogP) is 5.11. The highest BCUT2D eigenvalue weighted by Gasteiger charge is 2.45. The number of nitrogens with zero attached hydrogens (tertiary/aromatic N) is 1. The van der Waals surface area contributed by atoms with Crippen molar-refractivity contribution in [3.05, 3.63) is 87.3 Å². The fraction of sp³-hybridized carbons (Fsp3) is 0.200. The van der Waals surface area contributed by atoms with Gasteiger partial charge in [0.1, 0.15) is 11.5 Å². The number of aliphatic hydroxyl groups is 1. The molecule has 0 saturated heterocycles. The van der Waals surface area contributed by atoms with E-state index in [9.17, 15) is 14.7 Å². The highest BCUT2D eigenvalue weighted by atomic mass is 32.1. The first-order valence-corrected chi connectivity index (χ1v) is 11.0. The van der Waals surface area contributed by atoms with E-state index in [1.165, 1.54) is 30.5 Å². The van der Waals surface area contributed by atoms with Gasteiger partial charge in [-0.25, -0.2) is 0 Å². The molecule has 2 heterocycles. The second kappa shape index (κ2) is 8.88. The van der Waals surface area contributed by atoms with E-state index in [2.05, 4.69) is 6.92 Å². The number of hydrogen-bond donors (Lipinski definition) is 1. The summed E-state index contributed by atoms with van der Waals surface area (Å²) in [5.74, 6) is -0.582. The number of carbonyl (C=O) groups is 2. The van der Waals surface area contributed by atoms with Crippen LogP contribution in [0.5, 0.6) is 11.5 Å². The SMILES string of the molecule is CCc1ccc(C2C(C(=O)c3cccs3)=C(O)C(=O)N2c2cc(OC)cc(OC)c2)cc1. The number of rotatable bonds is 7. The Morgan fingerprint density at radius 2 is 1.72 bits per heavy atom. The molecule has 6 nitrogen and oxygen atoms in total. The topological polar surface area (TPSA) is 76.1 Å². The minimum atomic E-state index is -0.792. The molecule has 0 saturated carbocycles. The highest BCUT2D eigenvalue weighted by Crippen LogP contribution is 2.44. The Morgan fingerprint density at radius 1 is 1.06 bits per heavy atom. The Hall–Kier alpha value is -3.58. The summed E-state index contributed by atoms with van der Waals surface area (Å²) < 4.78 is 10.7. The van der Waals surface area contributed by atoms with E-state index in [1.54, 1.807) is 35.7 Å². The van der Waals surface area contributed by atoms with Crippen molar-refractivity contribution in [1.29, 1.82) is 0 Å². The van der Waals surface area contributed by atoms with Gasteiger partial charge in [-0.1, -0.05) is 37.3 Å². The molecule has 0 fully saturated rings. The molecule has 1 aromatic heterocycles. The zero-order valence-electron chi connectivity index (χ0n) is 18.0. The lowest BCUT2D eigenvalue weighted by molar-refractivity contribution is -0.117. The van der Waals surface area contributed by atoms with Gasteiger partial charge in [0.2, 0.25) is 5.78 Å². The van der Waals surface area contributed by atoms with E-state index in [-0.39, 0.29) is 11.4 Å². The van der Waals surface area contributed by atoms with Crippen molar-refractivity contribution in [2.24, 2.45) is 0 Å². The first-order valence-electron chi connectivity index (χ1n) is 10.1. The van der Waals surface area contributed by atoms with Crippen LogP contribution in [0, 0.1) is 0 Å². The molecule has 2 aromatic carbocycles. The van der Waals surface area contributed by atoms with Gasteiger partial charge in [0, 0.05) is 18.2 Å². The summed E-state index contributed by atoms with van der Waals surface area (Å²) >= 11 is 1.27. The van der Waals surface area contributed by atoms with Crippen LogP contribution >= 0.6 is 11.3 Å². The number of hydrogen-bond acceptors (Lipinski definition) is 6. The predicted molar refractivity (Wildman–Crippen MR) is 124 cm³/mol. The number of anilines is 1. The zero-order chi connectivity index (χ0) is 22.8. The average Bonchev–Trinajstić information content (AvgIpc) is 3.45. The largest absolute Gasteiger partial charge is 0.503 e. The molecule has 0 bridgehead atoms. The molecule has 0 radical (unpaired) electrons. The second-order valence-corrected chi connectivity index (χ2v) is 8.26. The Bertz CT molecular complexity index is 1160. The van der Waals surface area contributed by atoms with Crippen molar-refractivity contribution in [3.8, 4) is 11.5 Å². The van der Waals surface area contributed by atoms with Crippen molar-refractivity contribution < 1.29 is 24.2 Å². The van der Waals surface area contributed by atoms with Crippen LogP contribution in [-0.4, -0.2) is 31.0 Å².